The average Bonchev–Trinajstić information content (AvgIpc) is 2.61. The van der Waals surface area contributed by atoms with Crippen molar-refractivity contribution in [3.8, 4) is 0 Å². The largest absolute Gasteiger partial charge is 0.322 e. The Bertz CT molecular complexity index is 967. The summed E-state index contributed by atoms with van der Waals surface area (Å²) in [5.74, 6) is -1.90. The normalized spacial score (nSPS) is 20.7. The molecule has 8 heteroatoms. The molecule has 0 bridgehead atoms. The second-order valence-corrected chi connectivity index (χ2v) is 9.31. The number of nitrogens with one attached hydrogen (secondary N) is 1. The topological polar surface area (TPSA) is 66.5 Å². The molecule has 5 nitrogen and oxygen atoms in total. The Hall–Kier alpha value is -2.32. The van der Waals surface area contributed by atoms with E-state index in [9.17, 15) is 22.0 Å². The molecule has 1 amide bonds. The van der Waals surface area contributed by atoms with Crippen molar-refractivity contribution in [1.82, 2.24) is 4.31 Å². The summed E-state index contributed by atoms with van der Waals surface area (Å²) < 4.78 is 53.9. The van der Waals surface area contributed by atoms with E-state index < -0.39 is 27.6 Å². The molecule has 0 aliphatic carbocycles. The first-order chi connectivity index (χ1) is 13.2. The molecule has 0 aromatic heterocycles. The second kappa shape index (κ2) is 7.97. The highest BCUT2D eigenvalue weighted by Crippen LogP contribution is 2.27. The first kappa shape index (κ1) is 20.4. The Labute approximate surface area is 163 Å². The maximum absolute atomic E-state index is 13.7. The maximum Gasteiger partial charge on any atom is 0.258 e. The predicted octanol–water partition coefficient (Wildman–Crippen LogP) is 3.88. The lowest BCUT2D eigenvalue weighted by molar-refractivity contribution is 0.102. The lowest BCUT2D eigenvalue weighted by Crippen LogP contribution is -2.42. The molecule has 1 aliphatic rings. The van der Waals surface area contributed by atoms with Gasteiger partial charge in [0.2, 0.25) is 10.0 Å². The van der Waals surface area contributed by atoms with Crippen molar-refractivity contribution >= 4 is 21.6 Å². The average molecular weight is 408 g/mol. The van der Waals surface area contributed by atoms with Gasteiger partial charge in [-0.15, -0.1) is 0 Å². The summed E-state index contributed by atoms with van der Waals surface area (Å²) in [6.07, 6.45) is 0.997. The van der Waals surface area contributed by atoms with Crippen LogP contribution in [0.2, 0.25) is 0 Å². The van der Waals surface area contributed by atoms with Crippen molar-refractivity contribution in [3.05, 3.63) is 59.7 Å². The van der Waals surface area contributed by atoms with E-state index in [1.165, 1.54) is 28.6 Å². The van der Waals surface area contributed by atoms with E-state index in [2.05, 4.69) is 5.32 Å². The lowest BCUT2D eigenvalue weighted by Gasteiger charge is -2.34. The van der Waals surface area contributed by atoms with Gasteiger partial charge in [-0.3, -0.25) is 4.79 Å². The van der Waals surface area contributed by atoms with Crippen molar-refractivity contribution < 1.29 is 22.0 Å². The SMILES string of the molecule is C[C@H]1C[C@H](C)CN(S(=O)(=O)c2ccc(NC(=O)c3ccc(F)cc3F)cc2)C1. The third-order valence-electron chi connectivity index (χ3n) is 4.76. The summed E-state index contributed by atoms with van der Waals surface area (Å²) in [6.45, 7) is 5.03. The summed E-state index contributed by atoms with van der Waals surface area (Å²) in [7, 11) is -3.62. The molecule has 2 aromatic rings. The molecule has 1 saturated heterocycles. The zero-order valence-corrected chi connectivity index (χ0v) is 16.5. The van der Waals surface area contributed by atoms with E-state index >= 15 is 0 Å². The number of anilines is 1. The molecule has 0 saturated carbocycles. The predicted molar refractivity (Wildman–Crippen MR) is 102 cm³/mol. The van der Waals surface area contributed by atoms with Crippen molar-refractivity contribution in [2.75, 3.05) is 18.4 Å². The molecule has 150 valence electrons. The van der Waals surface area contributed by atoms with Crippen molar-refractivity contribution in [3.63, 3.8) is 0 Å². The molecular formula is C20H22F2N2O3S. The molecule has 1 N–H and O–H groups in total. The van der Waals surface area contributed by atoms with Crippen LogP contribution in [-0.2, 0) is 10.0 Å². The number of amides is 1. The van der Waals surface area contributed by atoms with Gasteiger partial charge >= 0.3 is 0 Å². The number of carbonyl (C=O) groups is 1. The fourth-order valence-electron chi connectivity index (χ4n) is 3.53. The van der Waals surface area contributed by atoms with Gasteiger partial charge in [0.05, 0.1) is 10.5 Å². The van der Waals surface area contributed by atoms with Gasteiger partial charge in [0.1, 0.15) is 11.6 Å². The number of benzene rings is 2. The molecule has 0 unspecified atom stereocenters. The molecule has 0 radical (unpaired) electrons. The van der Waals surface area contributed by atoms with Gasteiger partial charge < -0.3 is 5.32 Å². The first-order valence-electron chi connectivity index (χ1n) is 9.03. The van der Waals surface area contributed by atoms with Crippen molar-refractivity contribution in [1.29, 1.82) is 0 Å². The Morgan fingerprint density at radius 1 is 1.04 bits per heavy atom. The Balaban J connectivity index is 1.75. The van der Waals surface area contributed by atoms with Crippen molar-refractivity contribution in [2.45, 2.75) is 25.2 Å². The highest BCUT2D eigenvalue weighted by Gasteiger charge is 2.31. The van der Waals surface area contributed by atoms with Gasteiger partial charge in [-0.25, -0.2) is 17.2 Å². The van der Waals surface area contributed by atoms with Crippen LogP contribution in [0.25, 0.3) is 0 Å². The Morgan fingerprint density at radius 3 is 2.21 bits per heavy atom. The van der Waals surface area contributed by atoms with Crippen LogP contribution in [0.3, 0.4) is 0 Å². The highest BCUT2D eigenvalue weighted by molar-refractivity contribution is 7.89. The molecule has 2 aromatic carbocycles. The number of carbonyl (C=O) groups excluding carboxylic acids is 1. The maximum atomic E-state index is 13.7. The zero-order chi connectivity index (χ0) is 20.5. The fourth-order valence-corrected chi connectivity index (χ4v) is 5.21. The van der Waals surface area contributed by atoms with Crippen LogP contribution in [0.1, 0.15) is 30.6 Å². The number of piperidine rings is 1. The number of sulfonamides is 1. The molecule has 1 fully saturated rings. The van der Waals surface area contributed by atoms with Gasteiger partial charge in [-0.2, -0.15) is 4.31 Å². The van der Waals surface area contributed by atoms with Gasteiger partial charge in [-0.1, -0.05) is 13.8 Å². The van der Waals surface area contributed by atoms with E-state index in [0.717, 1.165) is 18.6 Å². The molecule has 28 heavy (non-hydrogen) atoms. The first-order valence-corrected chi connectivity index (χ1v) is 10.5. The van der Waals surface area contributed by atoms with Gasteiger partial charge in [0.25, 0.3) is 5.91 Å². The molecular weight excluding hydrogens is 386 g/mol. The number of nitrogens with zero attached hydrogens (tertiary/aromatic N) is 1. The van der Waals surface area contributed by atoms with Crippen LogP contribution in [0.5, 0.6) is 0 Å². The number of rotatable bonds is 4. The van der Waals surface area contributed by atoms with E-state index in [0.29, 0.717) is 36.7 Å². The number of halogens is 2. The van der Waals surface area contributed by atoms with Crippen LogP contribution in [0.15, 0.2) is 47.4 Å². The standard InChI is InChI=1S/C20H22F2N2O3S/c1-13-9-14(2)12-24(11-13)28(26,27)17-6-4-16(5-7-17)23-20(25)18-8-3-15(21)10-19(18)22/h3-8,10,13-14H,9,11-12H2,1-2H3,(H,23,25)/t13-,14-/m0/s1. The monoisotopic (exact) mass is 408 g/mol. The minimum Gasteiger partial charge on any atom is -0.322 e. The number of hydrogen-bond donors (Lipinski definition) is 1. The lowest BCUT2D eigenvalue weighted by atomic mass is 9.94. The molecule has 3 rings (SSSR count). The highest BCUT2D eigenvalue weighted by atomic mass is 32.2. The van der Waals surface area contributed by atoms with Gasteiger partial charge in [0.15, 0.2) is 0 Å². The third-order valence-corrected chi connectivity index (χ3v) is 6.61. The minimum absolute atomic E-state index is 0.139. The molecule has 1 aliphatic heterocycles. The quantitative estimate of drug-likeness (QED) is 0.835. The smallest absolute Gasteiger partial charge is 0.258 e. The summed E-state index contributed by atoms with van der Waals surface area (Å²) in [4.78, 5) is 12.3. The molecule has 0 spiro atoms. The molecule has 2 atom stereocenters. The van der Waals surface area contributed by atoms with Crippen LogP contribution in [0, 0.1) is 23.5 Å². The van der Waals surface area contributed by atoms with E-state index in [-0.39, 0.29) is 10.5 Å². The van der Waals surface area contributed by atoms with E-state index in [1.54, 1.807) is 0 Å². The minimum atomic E-state index is -3.62. The van der Waals surface area contributed by atoms with Crippen LogP contribution >= 0.6 is 0 Å². The van der Waals surface area contributed by atoms with E-state index in [1.807, 2.05) is 13.8 Å². The Morgan fingerprint density at radius 2 is 1.64 bits per heavy atom. The second-order valence-electron chi connectivity index (χ2n) is 7.37. The van der Waals surface area contributed by atoms with Crippen molar-refractivity contribution in [2.24, 2.45) is 11.8 Å². The third kappa shape index (κ3) is 4.39. The van der Waals surface area contributed by atoms with Gasteiger partial charge in [0, 0.05) is 24.8 Å². The van der Waals surface area contributed by atoms with Gasteiger partial charge in [-0.05, 0) is 54.7 Å². The molecule has 1 heterocycles. The van der Waals surface area contributed by atoms with Crippen LogP contribution in [0.4, 0.5) is 14.5 Å². The summed E-state index contributed by atoms with van der Waals surface area (Å²) in [5, 5.41) is 2.48. The van der Waals surface area contributed by atoms with E-state index in [4.69, 9.17) is 0 Å². The summed E-state index contributed by atoms with van der Waals surface area (Å²) in [6, 6.07) is 8.40. The summed E-state index contributed by atoms with van der Waals surface area (Å²) in [5.41, 5.74) is 0.0162. The zero-order valence-electron chi connectivity index (χ0n) is 15.7. The fraction of sp³-hybridized carbons (Fsp3) is 0.350. The van der Waals surface area contributed by atoms with Crippen LogP contribution < -0.4 is 5.32 Å². The van der Waals surface area contributed by atoms with Crippen LogP contribution in [-0.4, -0.2) is 31.7 Å². The number of hydrogen-bond acceptors (Lipinski definition) is 3. The summed E-state index contributed by atoms with van der Waals surface area (Å²) >= 11 is 0. The Kier molecular flexibility index (Phi) is 5.81.